The zero-order chi connectivity index (χ0) is 16.5. The van der Waals surface area contributed by atoms with Gasteiger partial charge in [0.25, 0.3) is 0 Å². The highest BCUT2D eigenvalue weighted by atomic mass is 32.2. The standard InChI is InChI=1S/C15H22N2O4S/c1-10-7-11(2)14(21-4)12(8-10)22(19,20)16-9-15(3)6-5-13(18)17-15/h7-8,16H,5-6,9H2,1-4H3,(H,17,18). The van der Waals surface area contributed by atoms with E-state index in [-0.39, 0.29) is 17.3 Å². The molecule has 0 aromatic heterocycles. The summed E-state index contributed by atoms with van der Waals surface area (Å²) in [7, 11) is -2.26. The van der Waals surface area contributed by atoms with Gasteiger partial charge in [-0.3, -0.25) is 4.79 Å². The average Bonchev–Trinajstić information content (AvgIpc) is 2.76. The lowest BCUT2D eigenvalue weighted by Crippen LogP contribution is -2.48. The van der Waals surface area contributed by atoms with Crippen LogP contribution in [0.15, 0.2) is 17.0 Å². The molecule has 1 aromatic rings. The number of hydrogen-bond acceptors (Lipinski definition) is 4. The summed E-state index contributed by atoms with van der Waals surface area (Å²) in [4.78, 5) is 11.5. The maximum atomic E-state index is 12.6. The molecule has 1 aliphatic heterocycles. The number of ether oxygens (including phenoxy) is 1. The number of benzene rings is 1. The number of aryl methyl sites for hydroxylation is 2. The van der Waals surface area contributed by atoms with Crippen LogP contribution in [0.4, 0.5) is 0 Å². The first-order valence-electron chi connectivity index (χ1n) is 7.13. The van der Waals surface area contributed by atoms with Gasteiger partial charge in [0.15, 0.2) is 0 Å². The third-order valence-corrected chi connectivity index (χ3v) is 5.28. The molecule has 7 heteroatoms. The highest BCUT2D eigenvalue weighted by Gasteiger charge is 2.34. The molecule has 0 bridgehead atoms. The molecule has 1 unspecified atom stereocenters. The number of rotatable bonds is 5. The predicted octanol–water partition coefficient (Wildman–Crippen LogP) is 1.26. The van der Waals surface area contributed by atoms with Crippen LogP contribution in [0.2, 0.25) is 0 Å². The molecule has 1 aromatic carbocycles. The van der Waals surface area contributed by atoms with Gasteiger partial charge in [0.2, 0.25) is 15.9 Å². The van der Waals surface area contributed by atoms with Crippen LogP contribution in [-0.4, -0.2) is 33.5 Å². The largest absolute Gasteiger partial charge is 0.495 e. The van der Waals surface area contributed by atoms with E-state index in [9.17, 15) is 13.2 Å². The van der Waals surface area contributed by atoms with Gasteiger partial charge in [-0.2, -0.15) is 0 Å². The van der Waals surface area contributed by atoms with E-state index in [0.717, 1.165) is 11.1 Å². The first-order chi connectivity index (χ1) is 10.2. The fourth-order valence-electron chi connectivity index (χ4n) is 2.69. The fraction of sp³-hybridized carbons (Fsp3) is 0.533. The van der Waals surface area contributed by atoms with Crippen molar-refractivity contribution in [2.75, 3.05) is 13.7 Å². The Labute approximate surface area is 131 Å². The topological polar surface area (TPSA) is 84.5 Å². The molecule has 2 rings (SSSR count). The first kappa shape index (κ1) is 16.8. The zero-order valence-electron chi connectivity index (χ0n) is 13.3. The third kappa shape index (κ3) is 3.41. The van der Waals surface area contributed by atoms with Crippen LogP contribution < -0.4 is 14.8 Å². The second-order valence-electron chi connectivity index (χ2n) is 6.05. The van der Waals surface area contributed by atoms with Crippen LogP contribution in [0, 0.1) is 13.8 Å². The Bertz CT molecular complexity index is 700. The van der Waals surface area contributed by atoms with Gasteiger partial charge >= 0.3 is 0 Å². The van der Waals surface area contributed by atoms with Crippen LogP contribution in [0.5, 0.6) is 5.75 Å². The van der Waals surface area contributed by atoms with Crippen LogP contribution in [0.3, 0.4) is 0 Å². The fourth-order valence-corrected chi connectivity index (χ4v) is 4.19. The van der Waals surface area contributed by atoms with Gasteiger partial charge in [-0.05, 0) is 44.4 Å². The van der Waals surface area contributed by atoms with Gasteiger partial charge in [0.1, 0.15) is 10.6 Å². The molecule has 6 nitrogen and oxygen atoms in total. The Morgan fingerprint density at radius 2 is 2.05 bits per heavy atom. The molecular formula is C15H22N2O4S. The number of carbonyl (C=O) groups is 1. The summed E-state index contributed by atoms with van der Waals surface area (Å²) < 4.78 is 33.0. The Kier molecular flexibility index (Phi) is 4.49. The normalized spacial score (nSPS) is 21.7. The van der Waals surface area contributed by atoms with E-state index in [2.05, 4.69) is 10.0 Å². The number of amides is 1. The van der Waals surface area contributed by atoms with Gasteiger partial charge in [-0.25, -0.2) is 13.1 Å². The highest BCUT2D eigenvalue weighted by molar-refractivity contribution is 7.89. The molecule has 0 spiro atoms. The van der Waals surface area contributed by atoms with Crippen molar-refractivity contribution >= 4 is 15.9 Å². The molecule has 1 atom stereocenters. The van der Waals surface area contributed by atoms with Gasteiger partial charge in [-0.15, -0.1) is 0 Å². The van der Waals surface area contributed by atoms with E-state index in [4.69, 9.17) is 4.74 Å². The van der Waals surface area contributed by atoms with Crippen molar-refractivity contribution < 1.29 is 17.9 Å². The number of hydrogen-bond donors (Lipinski definition) is 2. The number of methoxy groups -OCH3 is 1. The molecule has 1 fully saturated rings. The first-order valence-corrected chi connectivity index (χ1v) is 8.61. The van der Waals surface area contributed by atoms with E-state index in [1.807, 2.05) is 26.8 Å². The highest BCUT2D eigenvalue weighted by Crippen LogP contribution is 2.29. The monoisotopic (exact) mass is 326 g/mol. The second kappa shape index (κ2) is 5.89. The Hall–Kier alpha value is -1.60. The van der Waals surface area contributed by atoms with Crippen LogP contribution in [0.1, 0.15) is 30.9 Å². The summed E-state index contributed by atoms with van der Waals surface area (Å²) in [5, 5.41) is 2.81. The molecule has 22 heavy (non-hydrogen) atoms. The summed E-state index contributed by atoms with van der Waals surface area (Å²) >= 11 is 0. The summed E-state index contributed by atoms with van der Waals surface area (Å²) in [6.07, 6.45) is 1.03. The molecule has 0 aliphatic carbocycles. The lowest BCUT2D eigenvalue weighted by atomic mass is 10.0. The molecular weight excluding hydrogens is 304 g/mol. The Balaban J connectivity index is 2.26. The van der Waals surface area contributed by atoms with Gasteiger partial charge < -0.3 is 10.1 Å². The minimum absolute atomic E-state index is 0.0503. The van der Waals surface area contributed by atoms with Crippen molar-refractivity contribution in [3.8, 4) is 5.75 Å². The molecule has 1 amide bonds. The minimum Gasteiger partial charge on any atom is -0.495 e. The molecule has 0 radical (unpaired) electrons. The van der Waals surface area contributed by atoms with E-state index in [1.165, 1.54) is 7.11 Å². The Morgan fingerprint density at radius 1 is 1.36 bits per heavy atom. The number of sulfonamides is 1. The van der Waals surface area contributed by atoms with E-state index >= 15 is 0 Å². The minimum atomic E-state index is -3.72. The molecule has 122 valence electrons. The van der Waals surface area contributed by atoms with E-state index in [1.54, 1.807) is 6.07 Å². The molecule has 0 saturated carbocycles. The summed E-state index contributed by atoms with van der Waals surface area (Å²) in [5.74, 6) is 0.296. The maximum absolute atomic E-state index is 12.6. The maximum Gasteiger partial charge on any atom is 0.244 e. The van der Waals surface area contributed by atoms with E-state index < -0.39 is 15.6 Å². The van der Waals surface area contributed by atoms with Crippen LogP contribution in [-0.2, 0) is 14.8 Å². The molecule has 2 N–H and O–H groups in total. The lowest BCUT2D eigenvalue weighted by molar-refractivity contribution is -0.119. The van der Waals surface area contributed by atoms with E-state index in [0.29, 0.717) is 18.6 Å². The third-order valence-electron chi connectivity index (χ3n) is 3.88. The van der Waals surface area contributed by atoms with Gasteiger partial charge in [-0.1, -0.05) is 6.07 Å². The quantitative estimate of drug-likeness (QED) is 0.853. The van der Waals surface area contributed by atoms with Crippen molar-refractivity contribution in [2.24, 2.45) is 0 Å². The van der Waals surface area contributed by atoms with Crippen LogP contribution >= 0.6 is 0 Å². The van der Waals surface area contributed by atoms with Crippen LogP contribution in [0.25, 0.3) is 0 Å². The zero-order valence-corrected chi connectivity index (χ0v) is 14.1. The van der Waals surface area contributed by atoms with Crippen molar-refractivity contribution in [3.63, 3.8) is 0 Å². The molecule has 1 heterocycles. The average molecular weight is 326 g/mol. The number of carbonyl (C=O) groups excluding carboxylic acids is 1. The van der Waals surface area contributed by atoms with Crippen molar-refractivity contribution in [2.45, 2.75) is 44.0 Å². The van der Waals surface area contributed by atoms with Crippen molar-refractivity contribution in [1.82, 2.24) is 10.0 Å². The smallest absolute Gasteiger partial charge is 0.244 e. The summed E-state index contributed by atoms with van der Waals surface area (Å²) in [6.45, 7) is 5.63. The summed E-state index contributed by atoms with van der Waals surface area (Å²) in [6, 6.07) is 3.46. The predicted molar refractivity (Wildman–Crippen MR) is 83.4 cm³/mol. The van der Waals surface area contributed by atoms with Crippen molar-refractivity contribution in [1.29, 1.82) is 0 Å². The number of nitrogens with one attached hydrogen (secondary N) is 2. The van der Waals surface area contributed by atoms with Crippen molar-refractivity contribution in [3.05, 3.63) is 23.3 Å². The second-order valence-corrected chi connectivity index (χ2v) is 7.78. The van der Waals surface area contributed by atoms with Gasteiger partial charge in [0, 0.05) is 13.0 Å². The Morgan fingerprint density at radius 3 is 2.59 bits per heavy atom. The molecule has 1 aliphatic rings. The summed E-state index contributed by atoms with van der Waals surface area (Å²) in [5.41, 5.74) is 1.07. The molecule has 1 saturated heterocycles. The van der Waals surface area contributed by atoms with Gasteiger partial charge in [0.05, 0.1) is 12.6 Å². The SMILES string of the molecule is COc1c(C)cc(C)cc1S(=O)(=O)NCC1(C)CCC(=O)N1. The lowest BCUT2D eigenvalue weighted by Gasteiger charge is -2.24.